The maximum absolute atomic E-state index is 12.0. The number of amides is 1. The molecule has 0 bridgehead atoms. The van der Waals surface area contributed by atoms with Gasteiger partial charge in [-0.1, -0.05) is 26.7 Å². The molecule has 1 unspecified atom stereocenters. The molecule has 3 N–H and O–H groups in total. The second-order valence-electron chi connectivity index (χ2n) is 4.36. The van der Waals surface area contributed by atoms with Crippen molar-refractivity contribution in [2.75, 3.05) is 11.1 Å². The van der Waals surface area contributed by atoms with Crippen LogP contribution in [0.2, 0.25) is 0 Å². The Bertz CT molecular complexity index is 346. The molecule has 1 aromatic carbocycles. The molecule has 0 aromatic heterocycles. The zero-order valence-corrected chi connectivity index (χ0v) is 10.7. The molecule has 17 heavy (non-hydrogen) atoms. The standard InChI is InChI=1S/C14H22N2O/c1-3-5-6-11(4-2)14(17)16-13-9-7-12(15)8-10-13/h7-11H,3-6,15H2,1-2H3,(H,16,17). The Labute approximate surface area is 103 Å². The number of hydrogen-bond acceptors (Lipinski definition) is 2. The van der Waals surface area contributed by atoms with Crippen molar-refractivity contribution < 1.29 is 4.79 Å². The van der Waals surface area contributed by atoms with Gasteiger partial charge in [-0.3, -0.25) is 4.79 Å². The number of rotatable bonds is 6. The Kier molecular flexibility index (Phi) is 5.53. The number of hydrogen-bond donors (Lipinski definition) is 2. The Morgan fingerprint density at radius 2 is 1.94 bits per heavy atom. The Hall–Kier alpha value is -1.51. The number of carbonyl (C=O) groups is 1. The topological polar surface area (TPSA) is 55.1 Å². The van der Waals surface area contributed by atoms with E-state index in [4.69, 9.17) is 5.73 Å². The minimum atomic E-state index is 0.116. The van der Waals surface area contributed by atoms with Gasteiger partial charge in [0.25, 0.3) is 0 Å². The first-order valence-corrected chi connectivity index (χ1v) is 6.33. The second kappa shape index (κ2) is 6.94. The lowest BCUT2D eigenvalue weighted by atomic mass is 9.98. The van der Waals surface area contributed by atoms with E-state index in [0.29, 0.717) is 5.69 Å². The lowest BCUT2D eigenvalue weighted by Gasteiger charge is -2.14. The summed E-state index contributed by atoms with van der Waals surface area (Å²) in [5.41, 5.74) is 7.12. The summed E-state index contributed by atoms with van der Waals surface area (Å²) in [6, 6.07) is 7.25. The van der Waals surface area contributed by atoms with E-state index in [1.165, 1.54) is 0 Å². The fourth-order valence-electron chi connectivity index (χ4n) is 1.78. The molecule has 0 spiro atoms. The van der Waals surface area contributed by atoms with Gasteiger partial charge >= 0.3 is 0 Å². The fraction of sp³-hybridized carbons (Fsp3) is 0.500. The van der Waals surface area contributed by atoms with Gasteiger partial charge in [0.05, 0.1) is 0 Å². The Morgan fingerprint density at radius 1 is 1.29 bits per heavy atom. The van der Waals surface area contributed by atoms with Gasteiger partial charge < -0.3 is 11.1 Å². The van der Waals surface area contributed by atoms with Crippen LogP contribution in [0.25, 0.3) is 0 Å². The van der Waals surface area contributed by atoms with Gasteiger partial charge in [0.2, 0.25) is 5.91 Å². The van der Waals surface area contributed by atoms with Gasteiger partial charge in [-0.2, -0.15) is 0 Å². The highest BCUT2D eigenvalue weighted by molar-refractivity contribution is 5.92. The molecule has 3 heteroatoms. The number of benzene rings is 1. The first-order chi connectivity index (χ1) is 8.17. The minimum absolute atomic E-state index is 0.116. The van der Waals surface area contributed by atoms with Crippen LogP contribution in [-0.2, 0) is 4.79 Å². The molecular weight excluding hydrogens is 212 g/mol. The lowest BCUT2D eigenvalue weighted by Crippen LogP contribution is -2.22. The van der Waals surface area contributed by atoms with Crippen LogP contribution in [0, 0.1) is 5.92 Å². The highest BCUT2D eigenvalue weighted by atomic mass is 16.1. The Balaban J connectivity index is 2.54. The number of nitrogens with one attached hydrogen (secondary N) is 1. The summed E-state index contributed by atoms with van der Waals surface area (Å²) in [4.78, 5) is 12.0. The first-order valence-electron chi connectivity index (χ1n) is 6.33. The van der Waals surface area contributed by atoms with Crippen LogP contribution in [0.1, 0.15) is 39.5 Å². The summed E-state index contributed by atoms with van der Waals surface area (Å²) in [6.07, 6.45) is 4.09. The van der Waals surface area contributed by atoms with Crippen molar-refractivity contribution in [2.24, 2.45) is 5.92 Å². The van der Waals surface area contributed by atoms with Crippen molar-refractivity contribution in [3.63, 3.8) is 0 Å². The van der Waals surface area contributed by atoms with Crippen LogP contribution in [0.15, 0.2) is 24.3 Å². The molecule has 1 atom stereocenters. The molecule has 3 nitrogen and oxygen atoms in total. The maximum atomic E-state index is 12.0. The average molecular weight is 234 g/mol. The maximum Gasteiger partial charge on any atom is 0.227 e. The highest BCUT2D eigenvalue weighted by Gasteiger charge is 2.15. The number of unbranched alkanes of at least 4 members (excludes halogenated alkanes) is 1. The van der Waals surface area contributed by atoms with E-state index in [-0.39, 0.29) is 11.8 Å². The number of carbonyl (C=O) groups excluding carboxylic acids is 1. The third-order valence-electron chi connectivity index (χ3n) is 2.95. The summed E-state index contributed by atoms with van der Waals surface area (Å²) in [6.45, 7) is 4.20. The number of nitrogens with two attached hydrogens (primary N) is 1. The van der Waals surface area contributed by atoms with E-state index in [9.17, 15) is 4.79 Å². The molecular formula is C14H22N2O. The highest BCUT2D eigenvalue weighted by Crippen LogP contribution is 2.17. The van der Waals surface area contributed by atoms with Crippen molar-refractivity contribution in [2.45, 2.75) is 39.5 Å². The SMILES string of the molecule is CCCCC(CC)C(=O)Nc1ccc(N)cc1. The van der Waals surface area contributed by atoms with Crippen molar-refractivity contribution >= 4 is 17.3 Å². The van der Waals surface area contributed by atoms with Crippen molar-refractivity contribution in [1.29, 1.82) is 0 Å². The molecule has 1 amide bonds. The molecule has 0 aliphatic rings. The minimum Gasteiger partial charge on any atom is -0.399 e. The van der Waals surface area contributed by atoms with Crippen molar-refractivity contribution in [3.8, 4) is 0 Å². The van der Waals surface area contributed by atoms with E-state index in [1.807, 2.05) is 12.1 Å². The van der Waals surface area contributed by atoms with Crippen LogP contribution in [0.3, 0.4) is 0 Å². The van der Waals surface area contributed by atoms with Crippen LogP contribution >= 0.6 is 0 Å². The zero-order chi connectivity index (χ0) is 12.7. The van der Waals surface area contributed by atoms with Gasteiger partial charge in [0.15, 0.2) is 0 Å². The monoisotopic (exact) mass is 234 g/mol. The van der Waals surface area contributed by atoms with Crippen LogP contribution in [0.5, 0.6) is 0 Å². The third kappa shape index (κ3) is 4.47. The van der Waals surface area contributed by atoms with Crippen LogP contribution < -0.4 is 11.1 Å². The predicted molar refractivity (Wildman–Crippen MR) is 72.8 cm³/mol. The fourth-order valence-corrected chi connectivity index (χ4v) is 1.78. The molecule has 0 saturated heterocycles. The number of nitrogen functional groups attached to an aromatic ring is 1. The van der Waals surface area contributed by atoms with Crippen molar-refractivity contribution in [3.05, 3.63) is 24.3 Å². The molecule has 1 rings (SSSR count). The summed E-state index contributed by atoms with van der Waals surface area (Å²) < 4.78 is 0. The van der Waals surface area contributed by atoms with Gasteiger partial charge in [-0.15, -0.1) is 0 Å². The molecule has 0 aliphatic carbocycles. The largest absolute Gasteiger partial charge is 0.399 e. The zero-order valence-electron chi connectivity index (χ0n) is 10.7. The quantitative estimate of drug-likeness (QED) is 0.741. The molecule has 1 aromatic rings. The normalized spacial score (nSPS) is 12.1. The van der Waals surface area contributed by atoms with E-state index >= 15 is 0 Å². The third-order valence-corrected chi connectivity index (χ3v) is 2.95. The van der Waals surface area contributed by atoms with E-state index in [2.05, 4.69) is 19.2 Å². The Morgan fingerprint density at radius 3 is 2.47 bits per heavy atom. The summed E-state index contributed by atoms with van der Waals surface area (Å²) >= 11 is 0. The molecule has 0 aliphatic heterocycles. The molecule has 0 radical (unpaired) electrons. The van der Waals surface area contributed by atoms with Gasteiger partial charge in [0, 0.05) is 17.3 Å². The summed E-state index contributed by atoms with van der Waals surface area (Å²) in [5, 5.41) is 2.93. The van der Waals surface area contributed by atoms with Crippen LogP contribution in [-0.4, -0.2) is 5.91 Å². The predicted octanol–water partition coefficient (Wildman–Crippen LogP) is 3.42. The van der Waals surface area contributed by atoms with Crippen molar-refractivity contribution in [1.82, 2.24) is 0 Å². The van der Waals surface area contributed by atoms with Crippen LogP contribution in [0.4, 0.5) is 11.4 Å². The lowest BCUT2D eigenvalue weighted by molar-refractivity contribution is -0.120. The average Bonchev–Trinajstić information content (AvgIpc) is 2.33. The van der Waals surface area contributed by atoms with E-state index in [1.54, 1.807) is 12.1 Å². The molecule has 94 valence electrons. The molecule has 0 fully saturated rings. The van der Waals surface area contributed by atoms with Gasteiger partial charge in [0.1, 0.15) is 0 Å². The van der Waals surface area contributed by atoms with Gasteiger partial charge in [-0.05, 0) is 37.1 Å². The van der Waals surface area contributed by atoms with E-state index in [0.717, 1.165) is 31.4 Å². The first kappa shape index (κ1) is 13.6. The second-order valence-corrected chi connectivity index (χ2v) is 4.36. The smallest absolute Gasteiger partial charge is 0.227 e. The molecule has 0 heterocycles. The molecule has 0 saturated carbocycles. The summed E-state index contributed by atoms with van der Waals surface area (Å²) in [7, 11) is 0. The van der Waals surface area contributed by atoms with Gasteiger partial charge in [-0.25, -0.2) is 0 Å². The summed E-state index contributed by atoms with van der Waals surface area (Å²) in [5.74, 6) is 0.234. The van der Waals surface area contributed by atoms with E-state index < -0.39 is 0 Å². The number of anilines is 2.